The Labute approximate surface area is 357 Å². The van der Waals surface area contributed by atoms with Crippen LogP contribution in [0.1, 0.15) is 90.0 Å². The van der Waals surface area contributed by atoms with E-state index in [9.17, 15) is 33.4 Å². The predicted octanol–water partition coefficient (Wildman–Crippen LogP) is 7.76. The molecule has 4 amide bonds. The molecule has 3 fully saturated rings. The van der Waals surface area contributed by atoms with Crippen molar-refractivity contribution in [1.29, 1.82) is 0 Å². The molecule has 2 aromatic heterocycles. The molecule has 4 atom stereocenters. The van der Waals surface area contributed by atoms with Crippen LogP contribution in [0.2, 0.25) is 0 Å². The quantitative estimate of drug-likeness (QED) is 0.0861. The molecule has 0 bridgehead atoms. The maximum absolute atomic E-state index is 14.4. The summed E-state index contributed by atoms with van der Waals surface area (Å²) in [5.41, 5.74) is 4.92. The van der Waals surface area contributed by atoms with E-state index in [0.717, 1.165) is 51.4 Å². The van der Waals surface area contributed by atoms with Gasteiger partial charge < -0.3 is 34.9 Å². The molecule has 3 saturated heterocycles. The molecule has 6 N–H and O–H groups in total. The van der Waals surface area contributed by atoms with Gasteiger partial charge in [-0.05, 0) is 72.6 Å². The highest BCUT2D eigenvalue weighted by Gasteiger charge is 2.54. The van der Waals surface area contributed by atoms with Crippen LogP contribution in [0.15, 0.2) is 60.9 Å². The van der Waals surface area contributed by atoms with Crippen LogP contribution < -0.4 is 5.32 Å². The number of hydrogen-bond acceptors (Lipinski definition) is 9. The number of nitrogens with one attached hydrogen (secondary N) is 3. The van der Waals surface area contributed by atoms with Gasteiger partial charge in [-0.2, -0.15) is 10.6 Å². The number of rotatable bonds is 11. The zero-order valence-electron chi connectivity index (χ0n) is 35.6. The summed E-state index contributed by atoms with van der Waals surface area (Å²) in [4.78, 5) is 73.2. The van der Waals surface area contributed by atoms with Crippen molar-refractivity contribution in [3.63, 3.8) is 0 Å². The molecule has 0 radical (unpaired) electrons. The summed E-state index contributed by atoms with van der Waals surface area (Å²) in [6.45, 7) is 8.00. The molecule has 4 aromatic rings. The second-order valence-corrected chi connectivity index (χ2v) is 19.8. The number of alkyl carbamates (subject to hydrolysis) is 1. The van der Waals surface area contributed by atoms with Crippen LogP contribution in [-0.2, 0) is 14.3 Å². The normalized spacial score (nSPS) is 21.1. The molecule has 1 spiro atoms. The van der Waals surface area contributed by atoms with Crippen molar-refractivity contribution in [3.05, 3.63) is 72.6 Å². The molecule has 2 aromatic carbocycles. The minimum Gasteiger partial charge on any atom is -0.465 e. The Hall–Kier alpha value is -5.39. The molecule has 61 heavy (non-hydrogen) atoms. The van der Waals surface area contributed by atoms with Gasteiger partial charge in [0.25, 0.3) is 0 Å². The fraction of sp³-hybridized carbons (Fsp3) is 0.500. The van der Waals surface area contributed by atoms with E-state index in [4.69, 9.17) is 9.72 Å². The summed E-state index contributed by atoms with van der Waals surface area (Å²) < 4.78 is 25.8. The van der Waals surface area contributed by atoms with Crippen molar-refractivity contribution >= 4 is 34.6 Å². The summed E-state index contributed by atoms with van der Waals surface area (Å²) >= 11 is 0. The lowest BCUT2D eigenvalue weighted by Crippen LogP contribution is -2.59. The number of aromatic amines is 2. The first-order chi connectivity index (χ1) is 29.0. The first-order valence-corrected chi connectivity index (χ1v) is 22.9. The highest BCUT2D eigenvalue weighted by atomic mass is 32.3. The van der Waals surface area contributed by atoms with Crippen LogP contribution >= 0.6 is 10.6 Å². The number of likely N-dealkylation sites (N-methyl/N-ethyl adjacent to an activating group) is 1. The van der Waals surface area contributed by atoms with Crippen molar-refractivity contribution in [1.82, 2.24) is 40.0 Å². The Morgan fingerprint density at radius 2 is 1.33 bits per heavy atom. The molecule has 5 heterocycles. The molecule has 17 heteroatoms. The SMILES string of the molecule is COC(=O)N[C@H](C(=O)N1C(c2ncc(-c3ccc(-c4ccc(-c5cnc([C@@H]6CCCN6C(=O)[C@H](C(C)C)N(C)C(=O)O)[nH]5)cc4)cc3)[nH]2)CCC12CCS(O)(O)CC2)C(C)C. The van der Waals surface area contributed by atoms with Gasteiger partial charge in [0, 0.05) is 30.6 Å². The predicted molar refractivity (Wildman–Crippen MR) is 233 cm³/mol. The Balaban J connectivity index is 1.05. The zero-order valence-corrected chi connectivity index (χ0v) is 36.4. The summed E-state index contributed by atoms with van der Waals surface area (Å²) in [6, 6.07) is 14.0. The molecule has 0 aliphatic carbocycles. The monoisotopic (exact) mass is 858 g/mol. The van der Waals surface area contributed by atoms with E-state index in [1.165, 1.54) is 14.2 Å². The molecule has 3 aliphatic heterocycles. The lowest BCUT2D eigenvalue weighted by atomic mass is 9.88. The Morgan fingerprint density at radius 1 is 0.803 bits per heavy atom. The summed E-state index contributed by atoms with van der Waals surface area (Å²) in [6.07, 6.45) is 5.49. The third-order valence-corrected chi connectivity index (χ3v) is 14.5. The van der Waals surface area contributed by atoms with Gasteiger partial charge in [0.15, 0.2) is 0 Å². The van der Waals surface area contributed by atoms with E-state index >= 15 is 0 Å². The number of ether oxygens (including phenoxy) is 1. The van der Waals surface area contributed by atoms with Gasteiger partial charge in [0.05, 0.1) is 43.0 Å². The molecule has 16 nitrogen and oxygen atoms in total. The van der Waals surface area contributed by atoms with Crippen molar-refractivity contribution < 1.29 is 38.1 Å². The van der Waals surface area contributed by atoms with Crippen LogP contribution in [-0.4, -0.2) is 123 Å². The summed E-state index contributed by atoms with van der Waals surface area (Å²) in [7, 11) is 0.00469. The lowest BCUT2D eigenvalue weighted by molar-refractivity contribution is -0.142. The fourth-order valence-electron chi connectivity index (χ4n) is 9.40. The Bertz CT molecular complexity index is 2210. The summed E-state index contributed by atoms with van der Waals surface area (Å²) in [5, 5.41) is 12.3. The van der Waals surface area contributed by atoms with Gasteiger partial charge in [0.1, 0.15) is 23.7 Å². The van der Waals surface area contributed by atoms with Crippen molar-refractivity contribution in [2.75, 3.05) is 32.2 Å². The number of benzene rings is 2. The smallest absolute Gasteiger partial charge is 0.407 e. The highest BCUT2D eigenvalue weighted by Crippen LogP contribution is 2.55. The second kappa shape index (κ2) is 17.5. The van der Waals surface area contributed by atoms with Gasteiger partial charge in [-0.1, -0.05) is 76.2 Å². The Morgan fingerprint density at radius 3 is 1.82 bits per heavy atom. The first-order valence-electron chi connectivity index (χ1n) is 21.0. The molecule has 0 saturated carbocycles. The zero-order chi connectivity index (χ0) is 43.8. The molecule has 7 rings (SSSR count). The largest absolute Gasteiger partial charge is 0.465 e. The van der Waals surface area contributed by atoms with E-state index in [-0.39, 0.29) is 41.2 Å². The van der Waals surface area contributed by atoms with Crippen LogP contribution in [0.4, 0.5) is 9.59 Å². The van der Waals surface area contributed by atoms with Crippen molar-refractivity contribution in [3.8, 4) is 33.6 Å². The Kier molecular flexibility index (Phi) is 12.6. The number of aromatic nitrogens is 4. The van der Waals surface area contributed by atoms with Crippen molar-refractivity contribution in [2.45, 2.75) is 95.9 Å². The van der Waals surface area contributed by atoms with E-state index in [1.807, 2.05) is 81.1 Å². The lowest BCUT2D eigenvalue weighted by Gasteiger charge is -2.50. The number of carbonyl (C=O) groups excluding carboxylic acids is 3. The minimum absolute atomic E-state index is 0.186. The first kappa shape index (κ1) is 43.7. The summed E-state index contributed by atoms with van der Waals surface area (Å²) in [5.74, 6) is 0.909. The molecule has 328 valence electrons. The number of methoxy groups -OCH3 is 1. The van der Waals surface area contributed by atoms with Gasteiger partial charge in [-0.25, -0.2) is 19.6 Å². The molecular weight excluding hydrogens is 801 g/mol. The molecular formula is C44H58N8O8S. The van der Waals surface area contributed by atoms with Crippen LogP contribution in [0.5, 0.6) is 0 Å². The van der Waals surface area contributed by atoms with Gasteiger partial charge >= 0.3 is 12.2 Å². The fourth-order valence-corrected chi connectivity index (χ4v) is 11.0. The number of nitrogens with zero attached hydrogens (tertiary/aromatic N) is 5. The maximum Gasteiger partial charge on any atom is 0.407 e. The number of imidazole rings is 2. The third-order valence-electron chi connectivity index (χ3n) is 12.8. The van der Waals surface area contributed by atoms with E-state index < -0.39 is 46.4 Å². The second-order valence-electron chi connectivity index (χ2n) is 17.3. The average molecular weight is 859 g/mol. The highest BCUT2D eigenvalue weighted by molar-refractivity contribution is 8.24. The number of hydrogen-bond donors (Lipinski definition) is 6. The molecule has 3 aliphatic rings. The maximum atomic E-state index is 14.4. The van der Waals surface area contributed by atoms with Crippen LogP contribution in [0.25, 0.3) is 33.6 Å². The number of carboxylic acid groups (broad SMARTS) is 1. The standard InChI is InChI=1S/C44H58N8O8S/c1-26(2)36(49-42(55)60-6)40(53)52-35(17-18-44(52)19-22-61(58,59)23-20-44)39-46-25-33(48-39)31-15-11-29(12-16-31)28-9-13-30(14-10-28)32-24-45-38(47-32)34-8-7-21-51(34)41(54)37(27(3)4)50(5)43(56)57/h9-16,24-27,34-37,58-59H,7-8,17-23H2,1-6H3,(H,45,47)(H,46,48)(H,49,55)(H,56,57)/t34-,35?,36-,37-/m0/s1. The van der Waals surface area contributed by atoms with E-state index in [2.05, 4.69) is 20.3 Å². The van der Waals surface area contributed by atoms with Crippen molar-refractivity contribution in [2.24, 2.45) is 11.8 Å². The van der Waals surface area contributed by atoms with Gasteiger partial charge in [-0.3, -0.25) is 23.6 Å². The van der Waals surface area contributed by atoms with Crippen LogP contribution in [0.3, 0.4) is 0 Å². The van der Waals surface area contributed by atoms with Crippen LogP contribution in [0, 0.1) is 11.8 Å². The molecule has 1 unspecified atom stereocenters. The van der Waals surface area contributed by atoms with E-state index in [1.54, 1.807) is 17.3 Å². The third kappa shape index (κ3) is 8.86. The van der Waals surface area contributed by atoms with Gasteiger partial charge in [0.2, 0.25) is 11.8 Å². The van der Waals surface area contributed by atoms with Gasteiger partial charge in [-0.15, -0.1) is 0 Å². The number of carbonyl (C=O) groups is 4. The number of H-pyrrole nitrogens is 2. The number of amides is 4. The topological polar surface area (TPSA) is 217 Å². The minimum atomic E-state index is -2.70. The number of likely N-dealkylation sites (tertiary alicyclic amines) is 2. The van der Waals surface area contributed by atoms with E-state index in [0.29, 0.717) is 43.9 Å². The average Bonchev–Trinajstić information content (AvgIpc) is 4.07.